The molecule has 0 unspecified atom stereocenters. The lowest BCUT2D eigenvalue weighted by Gasteiger charge is -2.33. The van der Waals surface area contributed by atoms with Gasteiger partial charge >= 0.3 is 0 Å². The Labute approximate surface area is 156 Å². The summed E-state index contributed by atoms with van der Waals surface area (Å²) in [4.78, 5) is 9.19. The summed E-state index contributed by atoms with van der Waals surface area (Å²) in [6.07, 6.45) is 2.00. The van der Waals surface area contributed by atoms with Crippen LogP contribution in [0.2, 0.25) is 0 Å². The molecule has 0 amide bonds. The highest BCUT2D eigenvalue weighted by Crippen LogP contribution is 2.22. The predicted molar refractivity (Wildman–Crippen MR) is 103 cm³/mol. The average Bonchev–Trinajstić information content (AvgIpc) is 3.36. The second kappa shape index (κ2) is 6.85. The number of aromatic nitrogens is 4. The van der Waals surface area contributed by atoms with Crippen molar-refractivity contribution in [3.63, 3.8) is 0 Å². The van der Waals surface area contributed by atoms with Gasteiger partial charge in [0.1, 0.15) is 5.52 Å². The molecule has 2 aromatic heterocycles. The average molecular weight is 360 g/mol. The Balaban J connectivity index is 1.21. The Morgan fingerprint density at radius 2 is 1.67 bits per heavy atom. The van der Waals surface area contributed by atoms with Crippen LogP contribution in [-0.4, -0.2) is 51.1 Å². The first kappa shape index (κ1) is 16.0. The molecule has 1 fully saturated rings. The zero-order valence-corrected chi connectivity index (χ0v) is 14.9. The van der Waals surface area contributed by atoms with Gasteiger partial charge in [-0.15, -0.1) is 5.10 Å². The van der Waals surface area contributed by atoms with Crippen molar-refractivity contribution in [1.82, 2.24) is 24.9 Å². The molecule has 1 aliphatic heterocycles. The monoisotopic (exact) mass is 360 g/mol. The third-order valence-corrected chi connectivity index (χ3v) is 4.87. The maximum Gasteiger partial charge on any atom is 0.298 e. The number of nitrogens with zero attached hydrogens (tertiary/aromatic N) is 6. The van der Waals surface area contributed by atoms with Gasteiger partial charge in [-0.1, -0.05) is 35.5 Å². The van der Waals surface area contributed by atoms with Gasteiger partial charge in [-0.2, -0.15) is 4.98 Å². The lowest BCUT2D eigenvalue weighted by molar-refractivity contribution is 0.243. The smallest absolute Gasteiger partial charge is 0.298 e. The summed E-state index contributed by atoms with van der Waals surface area (Å²) >= 11 is 0. The van der Waals surface area contributed by atoms with Gasteiger partial charge in [0, 0.05) is 32.7 Å². The molecule has 7 heteroatoms. The number of fused-ring (bicyclic) bond motifs is 1. The fourth-order valence-corrected chi connectivity index (χ4v) is 3.40. The Bertz CT molecular complexity index is 1000. The molecule has 136 valence electrons. The van der Waals surface area contributed by atoms with Crippen molar-refractivity contribution in [2.45, 2.75) is 6.54 Å². The fourth-order valence-electron chi connectivity index (χ4n) is 3.40. The molecule has 27 heavy (non-hydrogen) atoms. The number of piperazine rings is 1. The highest BCUT2D eigenvalue weighted by Gasteiger charge is 2.21. The van der Waals surface area contributed by atoms with Crippen LogP contribution in [0.15, 0.2) is 65.2 Å². The summed E-state index contributed by atoms with van der Waals surface area (Å²) < 4.78 is 7.71. The van der Waals surface area contributed by atoms with Crippen LogP contribution in [0.1, 0.15) is 5.69 Å². The largest absolute Gasteiger partial charge is 0.423 e. The van der Waals surface area contributed by atoms with Crippen LogP contribution in [0.5, 0.6) is 0 Å². The highest BCUT2D eigenvalue weighted by molar-refractivity contribution is 5.74. The lowest BCUT2D eigenvalue weighted by Crippen LogP contribution is -2.46. The Morgan fingerprint density at radius 1 is 0.889 bits per heavy atom. The van der Waals surface area contributed by atoms with E-state index in [0.29, 0.717) is 6.01 Å². The molecule has 1 aliphatic rings. The van der Waals surface area contributed by atoms with E-state index in [0.717, 1.165) is 55.2 Å². The van der Waals surface area contributed by atoms with Crippen LogP contribution in [0.25, 0.3) is 16.8 Å². The second-order valence-electron chi connectivity index (χ2n) is 6.72. The van der Waals surface area contributed by atoms with E-state index in [1.54, 1.807) is 0 Å². The first-order valence-electron chi connectivity index (χ1n) is 9.15. The molecule has 0 spiro atoms. The summed E-state index contributed by atoms with van der Waals surface area (Å²) in [5, 5.41) is 8.56. The van der Waals surface area contributed by atoms with E-state index in [-0.39, 0.29) is 0 Å². The Morgan fingerprint density at radius 3 is 2.48 bits per heavy atom. The minimum Gasteiger partial charge on any atom is -0.423 e. The third kappa shape index (κ3) is 3.29. The molecule has 3 heterocycles. The molecule has 5 rings (SSSR count). The van der Waals surface area contributed by atoms with Gasteiger partial charge in [0.05, 0.1) is 17.6 Å². The van der Waals surface area contributed by atoms with E-state index < -0.39 is 0 Å². The minimum absolute atomic E-state index is 0.714. The standard InChI is InChI=1S/C20H20N6O/c1-2-6-17(7-3-1)26-15-16(22-23-26)14-24-10-12-25(13-11-24)20-21-18-8-4-5-9-19(18)27-20/h1-9,15H,10-14H2. The molecule has 7 nitrogen and oxygen atoms in total. The molecule has 0 aliphatic carbocycles. The van der Waals surface area contributed by atoms with Gasteiger partial charge < -0.3 is 9.32 Å². The molecule has 0 saturated carbocycles. The zero-order valence-electron chi connectivity index (χ0n) is 14.9. The number of para-hydroxylation sites is 3. The molecular weight excluding hydrogens is 340 g/mol. The summed E-state index contributed by atoms with van der Waals surface area (Å²) in [6, 6.07) is 18.7. The lowest BCUT2D eigenvalue weighted by atomic mass is 10.3. The first-order valence-corrected chi connectivity index (χ1v) is 9.15. The SMILES string of the molecule is c1ccc(-n2cc(CN3CCN(c4nc5ccccc5o4)CC3)nn2)cc1. The van der Waals surface area contributed by atoms with Crippen molar-refractivity contribution < 1.29 is 4.42 Å². The third-order valence-electron chi connectivity index (χ3n) is 4.87. The number of hydrogen-bond donors (Lipinski definition) is 0. The second-order valence-corrected chi connectivity index (χ2v) is 6.72. The molecule has 4 aromatic rings. The van der Waals surface area contributed by atoms with Gasteiger partial charge in [-0.05, 0) is 24.3 Å². The van der Waals surface area contributed by atoms with Crippen LogP contribution in [0.4, 0.5) is 6.01 Å². The molecule has 0 radical (unpaired) electrons. The van der Waals surface area contributed by atoms with Gasteiger partial charge in [-0.25, -0.2) is 4.68 Å². The van der Waals surface area contributed by atoms with Crippen LogP contribution in [-0.2, 0) is 6.54 Å². The molecule has 1 saturated heterocycles. The maximum absolute atomic E-state index is 5.88. The van der Waals surface area contributed by atoms with Gasteiger partial charge in [0.15, 0.2) is 5.58 Å². The normalized spacial score (nSPS) is 15.5. The summed E-state index contributed by atoms with van der Waals surface area (Å²) in [7, 11) is 0. The molecule has 0 bridgehead atoms. The van der Waals surface area contributed by atoms with E-state index in [4.69, 9.17) is 4.42 Å². The Kier molecular flexibility index (Phi) is 4.06. The number of hydrogen-bond acceptors (Lipinski definition) is 6. The van der Waals surface area contributed by atoms with E-state index in [2.05, 4.69) is 25.1 Å². The van der Waals surface area contributed by atoms with Gasteiger partial charge in [0.2, 0.25) is 0 Å². The van der Waals surface area contributed by atoms with E-state index >= 15 is 0 Å². The van der Waals surface area contributed by atoms with Crippen molar-refractivity contribution in [3.05, 3.63) is 66.5 Å². The van der Waals surface area contributed by atoms with Crippen LogP contribution >= 0.6 is 0 Å². The molecule has 2 aromatic carbocycles. The topological polar surface area (TPSA) is 63.2 Å². The van der Waals surface area contributed by atoms with Crippen molar-refractivity contribution in [3.8, 4) is 5.69 Å². The molecular formula is C20H20N6O. The van der Waals surface area contributed by atoms with E-state index in [1.807, 2.05) is 65.5 Å². The van der Waals surface area contributed by atoms with Crippen LogP contribution < -0.4 is 4.90 Å². The first-order chi connectivity index (χ1) is 13.3. The Hall–Kier alpha value is -3.19. The maximum atomic E-state index is 5.88. The van der Waals surface area contributed by atoms with E-state index in [1.165, 1.54) is 0 Å². The van der Waals surface area contributed by atoms with Crippen LogP contribution in [0, 0.1) is 0 Å². The predicted octanol–water partition coefficient (Wildman–Crippen LogP) is 2.73. The van der Waals surface area contributed by atoms with Crippen LogP contribution in [0.3, 0.4) is 0 Å². The summed E-state index contributed by atoms with van der Waals surface area (Å²) in [5.74, 6) is 0. The molecule has 0 N–H and O–H groups in total. The van der Waals surface area contributed by atoms with E-state index in [9.17, 15) is 0 Å². The zero-order chi connectivity index (χ0) is 18.1. The number of oxazole rings is 1. The highest BCUT2D eigenvalue weighted by atomic mass is 16.4. The number of rotatable bonds is 4. The molecule has 0 atom stereocenters. The quantitative estimate of drug-likeness (QED) is 0.558. The van der Waals surface area contributed by atoms with Crippen molar-refractivity contribution in [2.24, 2.45) is 0 Å². The van der Waals surface area contributed by atoms with Gasteiger partial charge in [-0.3, -0.25) is 4.90 Å². The fraction of sp³-hybridized carbons (Fsp3) is 0.250. The summed E-state index contributed by atoms with van der Waals surface area (Å²) in [6.45, 7) is 4.46. The number of anilines is 1. The van der Waals surface area contributed by atoms with Crippen molar-refractivity contribution in [2.75, 3.05) is 31.1 Å². The van der Waals surface area contributed by atoms with Crippen molar-refractivity contribution in [1.29, 1.82) is 0 Å². The van der Waals surface area contributed by atoms with Crippen molar-refractivity contribution >= 4 is 17.1 Å². The summed E-state index contributed by atoms with van der Waals surface area (Å²) in [5.41, 5.74) is 3.76. The number of benzene rings is 2. The van der Waals surface area contributed by atoms with Gasteiger partial charge in [0.25, 0.3) is 6.01 Å². The minimum atomic E-state index is 0.714.